The van der Waals surface area contributed by atoms with Gasteiger partial charge >= 0.3 is 0 Å². The van der Waals surface area contributed by atoms with Gasteiger partial charge in [0.25, 0.3) is 0 Å². The number of aliphatic hydroxyl groups is 8. The lowest BCUT2D eigenvalue weighted by atomic mass is 9.97. The van der Waals surface area contributed by atoms with Gasteiger partial charge in [-0.1, -0.05) is 115 Å². The maximum absolute atomic E-state index is 13.0. The van der Waals surface area contributed by atoms with Crippen LogP contribution in [0.3, 0.4) is 0 Å². The number of carbonyl (C=O) groups is 1. The van der Waals surface area contributed by atoms with E-state index in [1.54, 1.807) is 6.08 Å². The van der Waals surface area contributed by atoms with Crippen molar-refractivity contribution < 1.29 is 64.6 Å². The van der Waals surface area contributed by atoms with Crippen molar-refractivity contribution in [1.82, 2.24) is 5.32 Å². The minimum Gasteiger partial charge on any atom is -0.394 e. The highest BCUT2D eigenvalue weighted by Crippen LogP contribution is 2.30. The fourth-order valence-electron chi connectivity index (χ4n) is 6.91. The third-order valence-corrected chi connectivity index (χ3v) is 10.6. The molecule has 1 amide bonds. The van der Waals surface area contributed by atoms with Gasteiger partial charge in [0.1, 0.15) is 48.8 Å². The number of allylic oxidation sites excluding steroid dienone is 5. The van der Waals surface area contributed by atoms with Gasteiger partial charge in [0.2, 0.25) is 5.91 Å². The maximum Gasteiger partial charge on any atom is 0.220 e. The summed E-state index contributed by atoms with van der Waals surface area (Å²) in [6.45, 7) is 2.61. The number of unbranched alkanes of at least 4 members (excludes halogenated alkanes) is 14. The van der Waals surface area contributed by atoms with Crippen LogP contribution in [-0.2, 0) is 23.7 Å². The third kappa shape index (κ3) is 19.9. The van der Waals surface area contributed by atoms with E-state index < -0.39 is 86.8 Å². The molecule has 0 aromatic carbocycles. The topological polar surface area (TPSA) is 228 Å². The van der Waals surface area contributed by atoms with Gasteiger partial charge in [0.15, 0.2) is 12.6 Å². The summed E-state index contributed by atoms with van der Waals surface area (Å²) in [7, 11) is 0. The van der Waals surface area contributed by atoms with Crippen LogP contribution >= 0.6 is 0 Å². The number of amides is 1. The van der Waals surface area contributed by atoms with Gasteiger partial charge in [-0.2, -0.15) is 0 Å². The third-order valence-electron chi connectivity index (χ3n) is 10.6. The van der Waals surface area contributed by atoms with Gasteiger partial charge in [-0.05, 0) is 51.4 Å². The van der Waals surface area contributed by atoms with Gasteiger partial charge in [-0.25, -0.2) is 0 Å². The highest BCUT2D eigenvalue weighted by Gasteiger charge is 2.50. The van der Waals surface area contributed by atoms with Crippen molar-refractivity contribution in [3.05, 3.63) is 36.5 Å². The van der Waals surface area contributed by atoms with Crippen molar-refractivity contribution >= 4 is 5.91 Å². The molecule has 9 N–H and O–H groups in total. The number of hydrogen-bond acceptors (Lipinski definition) is 13. The van der Waals surface area contributed by atoms with Crippen LogP contribution in [0.15, 0.2) is 36.5 Å². The second kappa shape index (κ2) is 31.1. The minimum atomic E-state index is -1.79. The van der Waals surface area contributed by atoms with Crippen LogP contribution in [0.5, 0.6) is 0 Å². The van der Waals surface area contributed by atoms with Crippen LogP contribution in [0.1, 0.15) is 136 Å². The van der Waals surface area contributed by atoms with E-state index in [2.05, 4.69) is 43.5 Å². The quantitative estimate of drug-likeness (QED) is 0.0361. The minimum absolute atomic E-state index is 0.258. The maximum atomic E-state index is 13.0. The normalized spacial score (nSPS) is 29.4. The molecule has 0 aliphatic carbocycles. The lowest BCUT2D eigenvalue weighted by Gasteiger charge is -2.46. The van der Waals surface area contributed by atoms with E-state index in [4.69, 9.17) is 18.9 Å². The first-order valence-corrected chi connectivity index (χ1v) is 21.7. The molecule has 0 aromatic heterocycles. The summed E-state index contributed by atoms with van der Waals surface area (Å²) in [6.07, 6.45) is 15.4. The van der Waals surface area contributed by atoms with E-state index in [-0.39, 0.29) is 18.9 Å². The van der Waals surface area contributed by atoms with Gasteiger partial charge in [-0.15, -0.1) is 0 Å². The Bertz CT molecular complexity index is 1100. The molecular formula is C43H77NO13. The van der Waals surface area contributed by atoms with Crippen molar-refractivity contribution in [3.8, 4) is 0 Å². The Balaban J connectivity index is 1.81. The number of carbonyl (C=O) groups excluding carboxylic acids is 1. The Kier molecular flexibility index (Phi) is 28.1. The Morgan fingerprint density at radius 2 is 1.16 bits per heavy atom. The molecule has 0 radical (unpaired) electrons. The molecule has 0 saturated carbocycles. The van der Waals surface area contributed by atoms with Crippen LogP contribution in [0.2, 0.25) is 0 Å². The molecule has 0 aromatic rings. The van der Waals surface area contributed by atoms with Crippen molar-refractivity contribution in [2.24, 2.45) is 0 Å². The molecule has 12 unspecified atom stereocenters. The molecule has 2 heterocycles. The monoisotopic (exact) mass is 816 g/mol. The predicted molar refractivity (Wildman–Crippen MR) is 217 cm³/mol. The zero-order valence-electron chi connectivity index (χ0n) is 34.6. The summed E-state index contributed by atoms with van der Waals surface area (Å²) in [5.41, 5.74) is 0. The first-order chi connectivity index (χ1) is 27.6. The summed E-state index contributed by atoms with van der Waals surface area (Å²) in [4.78, 5) is 13.0. The van der Waals surface area contributed by atoms with Crippen LogP contribution in [0, 0.1) is 0 Å². The molecule has 2 fully saturated rings. The largest absolute Gasteiger partial charge is 0.394 e. The molecule has 332 valence electrons. The summed E-state index contributed by atoms with van der Waals surface area (Å²) in [6, 6.07) is -0.913. The SMILES string of the molecule is CCCCC/C=C/C(O)C(COC1OC(CO)C(OC2OC(CO)C(O)C(O)C2O)C(O)C1O)NC(=O)CCCCCCCCC/C=C\C/C=C\CCCCCC. The van der Waals surface area contributed by atoms with Crippen LogP contribution in [0.25, 0.3) is 0 Å². The summed E-state index contributed by atoms with van der Waals surface area (Å²) in [5.74, 6) is -0.258. The van der Waals surface area contributed by atoms with Crippen molar-refractivity contribution in [1.29, 1.82) is 0 Å². The van der Waals surface area contributed by atoms with E-state index >= 15 is 0 Å². The molecule has 14 heteroatoms. The molecular weight excluding hydrogens is 738 g/mol. The predicted octanol–water partition coefficient (Wildman–Crippen LogP) is 3.59. The van der Waals surface area contributed by atoms with Crippen LogP contribution in [0.4, 0.5) is 0 Å². The summed E-state index contributed by atoms with van der Waals surface area (Å²) >= 11 is 0. The van der Waals surface area contributed by atoms with Crippen LogP contribution < -0.4 is 5.32 Å². The Hall–Kier alpha value is -1.79. The first-order valence-electron chi connectivity index (χ1n) is 21.7. The Morgan fingerprint density at radius 3 is 1.79 bits per heavy atom. The average molecular weight is 816 g/mol. The van der Waals surface area contributed by atoms with E-state index in [0.29, 0.717) is 6.42 Å². The van der Waals surface area contributed by atoms with Gasteiger partial charge in [0, 0.05) is 6.42 Å². The fourth-order valence-corrected chi connectivity index (χ4v) is 6.91. The van der Waals surface area contributed by atoms with E-state index in [1.165, 1.54) is 44.9 Å². The van der Waals surface area contributed by atoms with E-state index in [1.807, 2.05) is 6.08 Å². The Morgan fingerprint density at radius 1 is 0.632 bits per heavy atom. The number of hydrogen-bond donors (Lipinski definition) is 9. The van der Waals surface area contributed by atoms with Crippen molar-refractivity contribution in [3.63, 3.8) is 0 Å². The number of aliphatic hydroxyl groups excluding tert-OH is 8. The molecule has 2 saturated heterocycles. The van der Waals surface area contributed by atoms with Crippen LogP contribution in [-0.4, -0.2) is 140 Å². The Labute approximate surface area is 341 Å². The van der Waals surface area contributed by atoms with Crippen molar-refractivity contribution in [2.45, 2.75) is 209 Å². The highest BCUT2D eigenvalue weighted by molar-refractivity contribution is 5.76. The van der Waals surface area contributed by atoms with Gasteiger partial charge < -0.3 is 65.1 Å². The molecule has 0 spiro atoms. The fraction of sp³-hybridized carbons (Fsp3) is 0.837. The lowest BCUT2D eigenvalue weighted by molar-refractivity contribution is -0.359. The summed E-state index contributed by atoms with van der Waals surface area (Å²) in [5, 5.41) is 85.9. The standard InChI is InChI=1S/C43H77NO13/c1-3-5-7-9-10-11-12-13-14-15-16-17-18-19-20-21-23-25-27-35(48)44-31(32(47)26-24-22-8-6-4-2)30-54-42-40(53)38(51)41(34(29-46)56-42)57-43-39(52)37(50)36(49)33(28-45)55-43/h11-12,14-15,24,26,31-34,36-43,45-47,49-53H,3-10,13,16-23,25,27-30H2,1-2H3,(H,44,48)/b12-11-,15-14-,26-24+. The smallest absolute Gasteiger partial charge is 0.220 e. The highest BCUT2D eigenvalue weighted by atomic mass is 16.7. The van der Waals surface area contributed by atoms with Crippen molar-refractivity contribution in [2.75, 3.05) is 19.8 Å². The second-order valence-electron chi connectivity index (χ2n) is 15.5. The number of nitrogens with one attached hydrogen (secondary N) is 1. The second-order valence-corrected chi connectivity index (χ2v) is 15.5. The molecule has 12 atom stereocenters. The lowest BCUT2D eigenvalue weighted by Crippen LogP contribution is -2.65. The van der Waals surface area contributed by atoms with Gasteiger partial charge in [0.05, 0.1) is 32.0 Å². The van der Waals surface area contributed by atoms with E-state index in [0.717, 1.165) is 64.2 Å². The molecule has 2 aliphatic rings. The molecule has 57 heavy (non-hydrogen) atoms. The molecule has 2 aliphatic heterocycles. The molecule has 2 rings (SSSR count). The van der Waals surface area contributed by atoms with E-state index in [9.17, 15) is 45.6 Å². The number of ether oxygens (including phenoxy) is 4. The molecule has 14 nitrogen and oxygen atoms in total. The zero-order valence-corrected chi connectivity index (χ0v) is 34.6. The first kappa shape index (κ1) is 51.4. The zero-order chi connectivity index (χ0) is 41.8. The average Bonchev–Trinajstić information content (AvgIpc) is 3.21. The summed E-state index contributed by atoms with van der Waals surface area (Å²) < 4.78 is 22.5. The van der Waals surface area contributed by atoms with Gasteiger partial charge in [-0.3, -0.25) is 4.79 Å². The molecule has 0 bridgehead atoms. The number of rotatable bonds is 31.